The van der Waals surface area contributed by atoms with Crippen LogP contribution < -0.4 is 5.56 Å². The van der Waals surface area contributed by atoms with E-state index >= 15 is 0 Å². The number of rotatable bonds is 1. The van der Waals surface area contributed by atoms with E-state index in [1.165, 1.54) is 0 Å². The van der Waals surface area contributed by atoms with E-state index in [-0.39, 0.29) is 5.56 Å². The van der Waals surface area contributed by atoms with Crippen LogP contribution in [0.25, 0.3) is 11.3 Å². The van der Waals surface area contributed by atoms with Gasteiger partial charge < -0.3 is 4.98 Å². The van der Waals surface area contributed by atoms with Crippen molar-refractivity contribution < 1.29 is 0 Å². The number of aromatic nitrogens is 2. The molecule has 1 aromatic carbocycles. The van der Waals surface area contributed by atoms with Gasteiger partial charge >= 0.3 is 0 Å². The molecule has 0 aliphatic heterocycles. The second kappa shape index (κ2) is 4.51. The first-order valence-corrected chi connectivity index (χ1v) is 5.77. The van der Waals surface area contributed by atoms with Crippen LogP contribution in [0.15, 0.2) is 23.0 Å². The van der Waals surface area contributed by atoms with Crippen molar-refractivity contribution in [3.05, 3.63) is 50.0 Å². The second-order valence-corrected chi connectivity index (χ2v) is 4.59. The summed E-state index contributed by atoms with van der Waals surface area (Å²) in [5, 5.41) is 1.04. The highest BCUT2D eigenvalue weighted by molar-refractivity contribution is 6.36. The van der Waals surface area contributed by atoms with Crippen LogP contribution >= 0.6 is 23.2 Å². The maximum atomic E-state index is 11.6. The Morgan fingerprint density at radius 1 is 1.24 bits per heavy atom. The van der Waals surface area contributed by atoms with Gasteiger partial charge in [0.15, 0.2) is 0 Å². The van der Waals surface area contributed by atoms with Gasteiger partial charge in [-0.1, -0.05) is 23.2 Å². The number of aromatic amines is 1. The van der Waals surface area contributed by atoms with Crippen LogP contribution in [0.1, 0.15) is 11.4 Å². The molecule has 0 spiro atoms. The third kappa shape index (κ3) is 2.35. The quantitative estimate of drug-likeness (QED) is 0.862. The van der Waals surface area contributed by atoms with Crippen molar-refractivity contribution in [3.63, 3.8) is 0 Å². The Morgan fingerprint density at radius 2 is 1.94 bits per heavy atom. The summed E-state index contributed by atoms with van der Waals surface area (Å²) in [6, 6.07) is 5.12. The van der Waals surface area contributed by atoms with Crippen LogP contribution in [0.2, 0.25) is 10.0 Å². The molecular weight excluding hydrogens is 259 g/mol. The van der Waals surface area contributed by atoms with Gasteiger partial charge in [0.25, 0.3) is 5.56 Å². The molecule has 0 aliphatic rings. The standard InChI is InChI=1S/C12H10Cl2N2O/c1-6-11(15-7(2)16-12(6)17)9-4-3-8(13)5-10(9)14/h3-5H,1-2H3,(H,15,16,17). The molecule has 2 rings (SSSR count). The molecule has 1 aromatic heterocycles. The lowest BCUT2D eigenvalue weighted by Gasteiger charge is -2.07. The molecular formula is C12H10Cl2N2O. The van der Waals surface area contributed by atoms with Crippen LogP contribution in [0, 0.1) is 13.8 Å². The summed E-state index contributed by atoms with van der Waals surface area (Å²) in [5.74, 6) is 0.557. The van der Waals surface area contributed by atoms with Gasteiger partial charge in [0.05, 0.1) is 10.7 Å². The normalized spacial score (nSPS) is 10.6. The largest absolute Gasteiger partial charge is 0.311 e. The molecule has 1 heterocycles. The molecule has 17 heavy (non-hydrogen) atoms. The highest BCUT2D eigenvalue weighted by Crippen LogP contribution is 2.29. The van der Waals surface area contributed by atoms with Crippen molar-refractivity contribution in [3.8, 4) is 11.3 Å². The van der Waals surface area contributed by atoms with Gasteiger partial charge in [-0.15, -0.1) is 0 Å². The zero-order valence-corrected chi connectivity index (χ0v) is 10.9. The fourth-order valence-corrected chi connectivity index (χ4v) is 2.09. The maximum absolute atomic E-state index is 11.6. The van der Waals surface area contributed by atoms with Crippen molar-refractivity contribution in [2.45, 2.75) is 13.8 Å². The van der Waals surface area contributed by atoms with Gasteiger partial charge in [0.1, 0.15) is 5.82 Å². The molecule has 0 saturated carbocycles. The maximum Gasteiger partial charge on any atom is 0.254 e. The first-order chi connectivity index (χ1) is 7.99. The molecule has 0 fully saturated rings. The second-order valence-electron chi connectivity index (χ2n) is 3.75. The van der Waals surface area contributed by atoms with Crippen LogP contribution in [0.5, 0.6) is 0 Å². The first-order valence-electron chi connectivity index (χ1n) is 5.02. The fraction of sp³-hybridized carbons (Fsp3) is 0.167. The SMILES string of the molecule is Cc1nc(-c2ccc(Cl)cc2Cl)c(C)c(=O)[nH]1. The molecule has 0 bridgehead atoms. The monoisotopic (exact) mass is 268 g/mol. The summed E-state index contributed by atoms with van der Waals surface area (Å²) < 4.78 is 0. The molecule has 0 atom stereocenters. The summed E-state index contributed by atoms with van der Waals surface area (Å²) in [5.41, 5.74) is 1.69. The number of nitrogens with one attached hydrogen (secondary N) is 1. The Morgan fingerprint density at radius 3 is 2.59 bits per heavy atom. The Labute approximate surface area is 108 Å². The Bertz CT molecular complexity index is 635. The fourth-order valence-electron chi connectivity index (χ4n) is 1.59. The van der Waals surface area contributed by atoms with Gasteiger partial charge in [0.2, 0.25) is 0 Å². The zero-order chi connectivity index (χ0) is 12.6. The lowest BCUT2D eigenvalue weighted by atomic mass is 10.1. The van der Waals surface area contributed by atoms with Crippen molar-refractivity contribution in [1.29, 1.82) is 0 Å². The van der Waals surface area contributed by atoms with Crippen molar-refractivity contribution >= 4 is 23.2 Å². The minimum absolute atomic E-state index is 0.154. The third-order valence-corrected chi connectivity index (χ3v) is 3.00. The van der Waals surface area contributed by atoms with E-state index in [1.54, 1.807) is 32.0 Å². The molecule has 3 nitrogen and oxygen atoms in total. The van der Waals surface area contributed by atoms with Gasteiger partial charge in [-0.05, 0) is 32.0 Å². The van der Waals surface area contributed by atoms with E-state index in [1.807, 2.05) is 0 Å². The van der Waals surface area contributed by atoms with E-state index in [0.29, 0.717) is 32.7 Å². The summed E-state index contributed by atoms with van der Waals surface area (Å²) in [6.45, 7) is 3.44. The Hall–Kier alpha value is -1.32. The molecule has 0 aliphatic carbocycles. The van der Waals surface area contributed by atoms with E-state index in [4.69, 9.17) is 23.2 Å². The predicted octanol–water partition coefficient (Wildman–Crippen LogP) is 3.36. The van der Waals surface area contributed by atoms with Gasteiger partial charge in [-0.25, -0.2) is 4.98 Å². The lowest BCUT2D eigenvalue weighted by molar-refractivity contribution is 0.999. The number of H-pyrrole nitrogens is 1. The number of hydrogen-bond acceptors (Lipinski definition) is 2. The Kier molecular flexibility index (Phi) is 3.22. The van der Waals surface area contributed by atoms with Crippen LogP contribution in [0.3, 0.4) is 0 Å². The van der Waals surface area contributed by atoms with Gasteiger partial charge in [0, 0.05) is 16.1 Å². The van der Waals surface area contributed by atoms with Gasteiger partial charge in [-0.2, -0.15) is 0 Å². The summed E-state index contributed by atoms with van der Waals surface area (Å²) in [6.07, 6.45) is 0. The summed E-state index contributed by atoms with van der Waals surface area (Å²) in [4.78, 5) is 18.6. The van der Waals surface area contributed by atoms with Crippen LogP contribution in [-0.2, 0) is 0 Å². The first kappa shape index (κ1) is 12.1. The molecule has 0 saturated heterocycles. The zero-order valence-electron chi connectivity index (χ0n) is 9.34. The third-order valence-electron chi connectivity index (χ3n) is 2.46. The van der Waals surface area contributed by atoms with Crippen LogP contribution in [0.4, 0.5) is 0 Å². The average Bonchev–Trinajstić information content (AvgIpc) is 2.24. The Balaban J connectivity index is 2.72. The average molecular weight is 269 g/mol. The predicted molar refractivity (Wildman–Crippen MR) is 69.8 cm³/mol. The number of benzene rings is 1. The van der Waals surface area contributed by atoms with E-state index in [0.717, 1.165) is 0 Å². The van der Waals surface area contributed by atoms with Crippen LogP contribution in [-0.4, -0.2) is 9.97 Å². The number of hydrogen-bond donors (Lipinski definition) is 1. The molecule has 1 N–H and O–H groups in total. The highest BCUT2D eigenvalue weighted by Gasteiger charge is 2.11. The van der Waals surface area contributed by atoms with Crippen molar-refractivity contribution in [2.75, 3.05) is 0 Å². The minimum atomic E-state index is -0.154. The molecule has 2 aromatic rings. The molecule has 0 unspecified atom stereocenters. The number of halogens is 2. The molecule has 0 amide bonds. The highest BCUT2D eigenvalue weighted by atomic mass is 35.5. The van der Waals surface area contributed by atoms with E-state index in [9.17, 15) is 4.79 Å². The molecule has 5 heteroatoms. The minimum Gasteiger partial charge on any atom is -0.311 e. The van der Waals surface area contributed by atoms with E-state index < -0.39 is 0 Å². The van der Waals surface area contributed by atoms with Crippen molar-refractivity contribution in [1.82, 2.24) is 9.97 Å². The van der Waals surface area contributed by atoms with E-state index in [2.05, 4.69) is 9.97 Å². The lowest BCUT2D eigenvalue weighted by Crippen LogP contribution is -2.14. The number of aryl methyl sites for hydroxylation is 1. The summed E-state index contributed by atoms with van der Waals surface area (Å²) in [7, 11) is 0. The van der Waals surface area contributed by atoms with Gasteiger partial charge in [-0.3, -0.25) is 4.79 Å². The number of nitrogens with zero attached hydrogens (tertiary/aromatic N) is 1. The molecule has 0 radical (unpaired) electrons. The van der Waals surface area contributed by atoms with Crippen molar-refractivity contribution in [2.24, 2.45) is 0 Å². The molecule has 88 valence electrons. The smallest absolute Gasteiger partial charge is 0.254 e. The summed E-state index contributed by atoms with van der Waals surface area (Å²) >= 11 is 11.9. The topological polar surface area (TPSA) is 45.8 Å².